The molecule has 0 spiro atoms. The van der Waals surface area contributed by atoms with Crippen molar-refractivity contribution in [2.24, 2.45) is 5.73 Å². The van der Waals surface area contributed by atoms with Crippen LogP contribution in [0.5, 0.6) is 0 Å². The van der Waals surface area contributed by atoms with E-state index in [9.17, 15) is 14.3 Å². The Morgan fingerprint density at radius 3 is 2.70 bits per heavy atom. The largest absolute Gasteiger partial charge is 0.545 e. The molecule has 0 fully saturated rings. The van der Waals surface area contributed by atoms with E-state index in [1.165, 1.54) is 6.08 Å². The molecule has 0 saturated heterocycles. The molecule has 2 atom stereocenters. The van der Waals surface area contributed by atoms with Crippen molar-refractivity contribution in [3.63, 3.8) is 0 Å². The summed E-state index contributed by atoms with van der Waals surface area (Å²) in [6, 6.07) is -0.770. The molecule has 1 aliphatic rings. The van der Waals surface area contributed by atoms with Crippen LogP contribution in [0.25, 0.3) is 0 Å². The second-order valence-corrected chi connectivity index (χ2v) is 2.28. The summed E-state index contributed by atoms with van der Waals surface area (Å²) in [5, 5.41) is 10.1. The second-order valence-electron chi connectivity index (χ2n) is 2.28. The molecule has 10 heavy (non-hydrogen) atoms. The van der Waals surface area contributed by atoms with Gasteiger partial charge < -0.3 is 15.6 Å². The first-order valence-electron chi connectivity index (χ1n) is 2.93. The molecular formula is C6H7FNO2-. The van der Waals surface area contributed by atoms with Gasteiger partial charge in [0.25, 0.3) is 0 Å². The zero-order valence-corrected chi connectivity index (χ0v) is 5.21. The number of aliphatic carboxylic acids is 1. The molecule has 0 aromatic carbocycles. The van der Waals surface area contributed by atoms with Crippen LogP contribution < -0.4 is 10.8 Å². The molecule has 0 amide bonds. The standard InChI is InChI=1S/C6H8FNO2/c7-4-1-3(6(9)10)2-5(4)8/h2,4-5H,1,8H2,(H,9,10)/p-1/t4-,5-/m0/s1. The van der Waals surface area contributed by atoms with Crippen LogP contribution in [-0.4, -0.2) is 18.2 Å². The molecule has 0 bridgehead atoms. The van der Waals surface area contributed by atoms with Gasteiger partial charge in [-0.25, -0.2) is 4.39 Å². The summed E-state index contributed by atoms with van der Waals surface area (Å²) in [5.41, 5.74) is 5.14. The van der Waals surface area contributed by atoms with E-state index < -0.39 is 18.2 Å². The van der Waals surface area contributed by atoms with E-state index in [0.29, 0.717) is 0 Å². The molecule has 3 nitrogen and oxygen atoms in total. The van der Waals surface area contributed by atoms with Gasteiger partial charge in [-0.15, -0.1) is 0 Å². The Labute approximate surface area is 57.3 Å². The smallest absolute Gasteiger partial charge is 0.123 e. The fourth-order valence-corrected chi connectivity index (χ4v) is 0.902. The maximum absolute atomic E-state index is 12.5. The van der Waals surface area contributed by atoms with E-state index in [1.807, 2.05) is 0 Å². The van der Waals surface area contributed by atoms with E-state index in [1.54, 1.807) is 0 Å². The summed E-state index contributed by atoms with van der Waals surface area (Å²) in [6.07, 6.45) is -0.184. The van der Waals surface area contributed by atoms with Gasteiger partial charge in [-0.3, -0.25) is 0 Å². The first-order chi connectivity index (χ1) is 4.61. The molecule has 0 heterocycles. The van der Waals surface area contributed by atoms with E-state index in [0.717, 1.165) is 0 Å². The zero-order valence-electron chi connectivity index (χ0n) is 5.21. The van der Waals surface area contributed by atoms with Crippen LogP contribution in [-0.2, 0) is 4.79 Å². The first-order valence-corrected chi connectivity index (χ1v) is 2.93. The summed E-state index contributed by atoms with van der Waals surface area (Å²) in [7, 11) is 0. The fourth-order valence-electron chi connectivity index (χ4n) is 0.902. The molecule has 0 aromatic heterocycles. The van der Waals surface area contributed by atoms with Crippen LogP contribution in [0.4, 0.5) is 4.39 Å². The number of carbonyl (C=O) groups excluding carboxylic acids is 1. The van der Waals surface area contributed by atoms with Gasteiger partial charge >= 0.3 is 0 Å². The van der Waals surface area contributed by atoms with Gasteiger partial charge in [-0.05, 0) is 5.57 Å². The normalized spacial score (nSPS) is 32.0. The lowest BCUT2D eigenvalue weighted by Gasteiger charge is -2.03. The first kappa shape index (κ1) is 7.21. The van der Waals surface area contributed by atoms with Crippen LogP contribution in [0.2, 0.25) is 0 Å². The number of carboxylic acids is 1. The Morgan fingerprint density at radius 1 is 1.90 bits per heavy atom. The van der Waals surface area contributed by atoms with E-state index in [4.69, 9.17) is 5.73 Å². The lowest BCUT2D eigenvalue weighted by molar-refractivity contribution is -0.299. The van der Waals surface area contributed by atoms with E-state index >= 15 is 0 Å². The Morgan fingerprint density at radius 2 is 2.50 bits per heavy atom. The molecule has 1 aliphatic carbocycles. The molecule has 0 radical (unpaired) electrons. The molecule has 0 unspecified atom stereocenters. The van der Waals surface area contributed by atoms with Crippen LogP contribution in [0.3, 0.4) is 0 Å². The Kier molecular flexibility index (Phi) is 1.72. The lowest BCUT2D eigenvalue weighted by Crippen LogP contribution is -2.25. The predicted molar refractivity (Wildman–Crippen MR) is 30.6 cm³/mol. The highest BCUT2D eigenvalue weighted by molar-refractivity contribution is 5.85. The SMILES string of the molecule is N[C@H]1C=C(C(=O)[O-])C[C@@H]1F. The molecule has 4 heteroatoms. The van der Waals surface area contributed by atoms with Gasteiger partial charge in [0.1, 0.15) is 6.17 Å². The van der Waals surface area contributed by atoms with Crippen molar-refractivity contribution in [1.29, 1.82) is 0 Å². The average molecular weight is 144 g/mol. The Hall–Kier alpha value is -0.900. The molecule has 0 aromatic rings. The van der Waals surface area contributed by atoms with Crippen molar-refractivity contribution in [3.8, 4) is 0 Å². The third kappa shape index (κ3) is 1.16. The van der Waals surface area contributed by atoms with Crippen LogP contribution in [0.1, 0.15) is 6.42 Å². The Balaban J connectivity index is 2.67. The highest BCUT2D eigenvalue weighted by Gasteiger charge is 2.24. The number of carboxylic acid groups (broad SMARTS) is 1. The van der Waals surface area contributed by atoms with Crippen LogP contribution in [0.15, 0.2) is 11.6 Å². The number of hydrogen-bond acceptors (Lipinski definition) is 3. The summed E-state index contributed by atoms with van der Waals surface area (Å²) in [4.78, 5) is 10.1. The monoisotopic (exact) mass is 144 g/mol. The van der Waals surface area contributed by atoms with Crippen molar-refractivity contribution in [2.45, 2.75) is 18.6 Å². The van der Waals surface area contributed by atoms with Crippen LogP contribution >= 0.6 is 0 Å². The molecule has 2 N–H and O–H groups in total. The van der Waals surface area contributed by atoms with Crippen molar-refractivity contribution in [2.75, 3.05) is 0 Å². The summed E-state index contributed by atoms with van der Waals surface area (Å²) in [5.74, 6) is -1.32. The molecule has 0 saturated carbocycles. The van der Waals surface area contributed by atoms with Crippen molar-refractivity contribution in [1.82, 2.24) is 0 Å². The number of carbonyl (C=O) groups is 1. The maximum Gasteiger partial charge on any atom is 0.123 e. The molecule has 1 rings (SSSR count). The number of hydrogen-bond donors (Lipinski definition) is 1. The van der Waals surface area contributed by atoms with Crippen molar-refractivity contribution < 1.29 is 14.3 Å². The van der Waals surface area contributed by atoms with E-state index in [-0.39, 0.29) is 12.0 Å². The third-order valence-corrected chi connectivity index (χ3v) is 1.49. The predicted octanol–water partition coefficient (Wildman–Crippen LogP) is -1.27. The van der Waals surface area contributed by atoms with Gasteiger partial charge in [0.05, 0.1) is 12.0 Å². The number of alkyl halides is 1. The Bertz CT molecular complexity index is 190. The maximum atomic E-state index is 12.5. The topological polar surface area (TPSA) is 66.2 Å². The van der Waals surface area contributed by atoms with Crippen molar-refractivity contribution >= 4 is 5.97 Å². The van der Waals surface area contributed by atoms with Crippen LogP contribution in [0, 0.1) is 0 Å². The van der Waals surface area contributed by atoms with Gasteiger partial charge in [0.15, 0.2) is 0 Å². The summed E-state index contributed by atoms with van der Waals surface area (Å²) < 4.78 is 12.5. The van der Waals surface area contributed by atoms with Gasteiger partial charge in [0.2, 0.25) is 0 Å². The fraction of sp³-hybridized carbons (Fsp3) is 0.500. The summed E-state index contributed by atoms with van der Waals surface area (Å²) >= 11 is 0. The minimum absolute atomic E-state index is 0.0278. The molecule has 56 valence electrons. The third-order valence-electron chi connectivity index (χ3n) is 1.49. The van der Waals surface area contributed by atoms with Crippen molar-refractivity contribution in [3.05, 3.63) is 11.6 Å². The van der Waals surface area contributed by atoms with Gasteiger partial charge in [0, 0.05) is 6.42 Å². The van der Waals surface area contributed by atoms with Gasteiger partial charge in [-0.2, -0.15) is 0 Å². The quantitative estimate of drug-likeness (QED) is 0.499. The minimum Gasteiger partial charge on any atom is -0.545 e. The summed E-state index contributed by atoms with van der Waals surface area (Å²) in [6.45, 7) is 0. The second kappa shape index (κ2) is 2.38. The number of halogens is 1. The van der Waals surface area contributed by atoms with E-state index in [2.05, 4.69) is 0 Å². The lowest BCUT2D eigenvalue weighted by atomic mass is 10.2. The highest BCUT2D eigenvalue weighted by Crippen LogP contribution is 2.19. The van der Waals surface area contributed by atoms with Gasteiger partial charge in [-0.1, -0.05) is 6.08 Å². The average Bonchev–Trinajstić information content (AvgIpc) is 2.13. The number of nitrogens with two attached hydrogens (primary N) is 1. The minimum atomic E-state index is -1.32. The molecular weight excluding hydrogens is 137 g/mol. The highest BCUT2D eigenvalue weighted by atomic mass is 19.1. The molecule has 0 aliphatic heterocycles. The number of rotatable bonds is 1. The zero-order chi connectivity index (χ0) is 7.72.